The lowest BCUT2D eigenvalue weighted by Gasteiger charge is -2.11. The Morgan fingerprint density at radius 3 is 2.62 bits per heavy atom. The van der Waals surface area contributed by atoms with Crippen LogP contribution in [0.2, 0.25) is 5.02 Å². The van der Waals surface area contributed by atoms with Crippen LogP contribution in [-0.4, -0.2) is 24.1 Å². The van der Waals surface area contributed by atoms with Crippen molar-refractivity contribution in [2.45, 2.75) is 20.0 Å². The largest absolute Gasteiger partial charge is 0.365 e. The van der Waals surface area contributed by atoms with E-state index in [4.69, 9.17) is 16.6 Å². The van der Waals surface area contributed by atoms with E-state index in [0.29, 0.717) is 17.2 Å². The summed E-state index contributed by atoms with van der Waals surface area (Å²) in [4.78, 5) is 8.84. The number of benzene rings is 2. The van der Waals surface area contributed by atoms with E-state index in [0.717, 1.165) is 29.0 Å². The highest BCUT2D eigenvalue weighted by molar-refractivity contribution is 6.34. The number of hydrogen-bond acceptors (Lipinski definition) is 4. The van der Waals surface area contributed by atoms with Gasteiger partial charge in [-0.1, -0.05) is 48.0 Å². The number of para-hydroxylation sites is 1. The van der Waals surface area contributed by atoms with Crippen molar-refractivity contribution in [2.75, 3.05) is 5.32 Å². The molecule has 0 saturated heterocycles. The van der Waals surface area contributed by atoms with Gasteiger partial charge in [-0.05, 0) is 30.2 Å². The highest BCUT2D eigenvalue weighted by atomic mass is 35.5. The van der Waals surface area contributed by atoms with Crippen LogP contribution < -0.4 is 5.32 Å². The summed E-state index contributed by atoms with van der Waals surface area (Å²) in [6.07, 6.45) is 5.58. The quantitative estimate of drug-likeness (QED) is 0.463. The minimum atomic E-state index is 0.586. The molecule has 3 aromatic heterocycles. The third kappa shape index (κ3) is 3.32. The third-order valence-electron chi connectivity index (χ3n) is 4.98. The maximum atomic E-state index is 6.43. The molecule has 0 aliphatic heterocycles. The van der Waals surface area contributed by atoms with Crippen LogP contribution in [0.25, 0.3) is 16.6 Å². The molecule has 7 heteroatoms. The molecule has 2 aromatic carbocycles. The Morgan fingerprint density at radius 1 is 1.03 bits per heavy atom. The smallest absolute Gasteiger partial charge is 0.176 e. The first-order valence-corrected chi connectivity index (χ1v) is 9.78. The van der Waals surface area contributed by atoms with E-state index in [2.05, 4.69) is 44.2 Å². The van der Waals surface area contributed by atoms with Gasteiger partial charge in [-0.3, -0.25) is 0 Å². The molecule has 3 heterocycles. The van der Waals surface area contributed by atoms with Crippen molar-refractivity contribution in [1.29, 1.82) is 0 Å². The van der Waals surface area contributed by atoms with Crippen molar-refractivity contribution in [3.63, 3.8) is 0 Å². The molecule has 0 spiro atoms. The van der Waals surface area contributed by atoms with Crippen molar-refractivity contribution in [3.05, 3.63) is 89.1 Å². The zero-order valence-corrected chi connectivity index (χ0v) is 16.6. The number of rotatable bonds is 5. The third-order valence-corrected chi connectivity index (χ3v) is 5.42. The van der Waals surface area contributed by atoms with E-state index < -0.39 is 0 Å². The van der Waals surface area contributed by atoms with Gasteiger partial charge in [-0.15, -0.1) is 0 Å². The molecular formula is C22H19ClN6. The van der Waals surface area contributed by atoms with Gasteiger partial charge in [0.15, 0.2) is 5.65 Å². The van der Waals surface area contributed by atoms with Gasteiger partial charge in [0.05, 0.1) is 17.5 Å². The van der Waals surface area contributed by atoms with Gasteiger partial charge >= 0.3 is 0 Å². The molecule has 0 bridgehead atoms. The summed E-state index contributed by atoms with van der Waals surface area (Å²) in [5.41, 5.74) is 4.83. The fourth-order valence-electron chi connectivity index (χ4n) is 3.46. The average Bonchev–Trinajstić information content (AvgIpc) is 3.36. The lowest BCUT2D eigenvalue weighted by molar-refractivity contribution is 0.797. The summed E-state index contributed by atoms with van der Waals surface area (Å²) in [6, 6.07) is 16.6. The summed E-state index contributed by atoms with van der Waals surface area (Å²) in [7, 11) is 0. The van der Waals surface area contributed by atoms with Gasteiger partial charge in [-0.2, -0.15) is 5.10 Å². The minimum absolute atomic E-state index is 0.586. The topological polar surface area (TPSA) is 60.0 Å². The van der Waals surface area contributed by atoms with Crippen molar-refractivity contribution in [3.8, 4) is 0 Å². The molecule has 1 N–H and O–H groups in total. The predicted molar refractivity (Wildman–Crippen MR) is 115 cm³/mol. The highest BCUT2D eigenvalue weighted by Gasteiger charge is 2.14. The predicted octanol–water partition coefficient (Wildman–Crippen LogP) is 4.70. The fraction of sp³-hybridized carbons (Fsp3) is 0.136. The van der Waals surface area contributed by atoms with Crippen LogP contribution in [0, 0.1) is 6.92 Å². The Kier molecular flexibility index (Phi) is 4.41. The first-order valence-electron chi connectivity index (χ1n) is 9.40. The number of hydrogen-bond donors (Lipinski definition) is 1. The molecule has 144 valence electrons. The Hall–Kier alpha value is -3.38. The van der Waals surface area contributed by atoms with Crippen LogP contribution in [-0.2, 0) is 13.1 Å². The molecule has 0 aliphatic carbocycles. The van der Waals surface area contributed by atoms with E-state index in [-0.39, 0.29) is 0 Å². The van der Waals surface area contributed by atoms with Crippen molar-refractivity contribution in [1.82, 2.24) is 24.1 Å². The molecule has 0 amide bonds. The first-order chi connectivity index (χ1) is 14.2. The number of halogens is 1. The molecule has 5 aromatic rings. The number of nitrogens with zero attached hydrogens (tertiary/aromatic N) is 5. The van der Waals surface area contributed by atoms with Crippen LogP contribution in [0.3, 0.4) is 0 Å². The van der Waals surface area contributed by atoms with Gasteiger partial charge in [-0.25, -0.2) is 14.5 Å². The number of anilines is 1. The average molecular weight is 403 g/mol. The van der Waals surface area contributed by atoms with Crippen molar-refractivity contribution in [2.24, 2.45) is 0 Å². The SMILES string of the molecule is Cc1nn2c(nc(NCc3ccc(Cn4ccnc4)cc3)c3ccccc32)c1Cl. The molecule has 0 atom stereocenters. The van der Waals surface area contributed by atoms with E-state index in [9.17, 15) is 0 Å². The number of aromatic nitrogens is 5. The Balaban J connectivity index is 1.42. The van der Waals surface area contributed by atoms with Gasteiger partial charge in [0.2, 0.25) is 0 Å². The Bertz CT molecular complexity index is 1290. The molecule has 0 aliphatic rings. The van der Waals surface area contributed by atoms with Gasteiger partial charge < -0.3 is 9.88 Å². The van der Waals surface area contributed by atoms with Crippen molar-refractivity contribution < 1.29 is 0 Å². The molecular weight excluding hydrogens is 384 g/mol. The van der Waals surface area contributed by atoms with Gasteiger partial charge in [0.1, 0.15) is 10.8 Å². The standard InChI is InChI=1S/C22H19ClN6/c1-15-20(23)22-26-21(18-4-2-3-5-19(18)29(22)27-15)25-12-16-6-8-17(9-7-16)13-28-11-10-24-14-28/h2-11,14H,12-13H2,1H3,(H,25,26). The molecule has 0 radical (unpaired) electrons. The van der Waals surface area contributed by atoms with E-state index in [1.54, 1.807) is 6.20 Å². The van der Waals surface area contributed by atoms with Crippen LogP contribution in [0.15, 0.2) is 67.3 Å². The molecule has 5 rings (SSSR count). The highest BCUT2D eigenvalue weighted by Crippen LogP contribution is 2.28. The maximum Gasteiger partial charge on any atom is 0.176 e. The molecule has 0 saturated carbocycles. The van der Waals surface area contributed by atoms with E-state index in [1.165, 1.54) is 11.1 Å². The summed E-state index contributed by atoms with van der Waals surface area (Å²) in [5.74, 6) is 0.803. The molecule has 0 fully saturated rings. The number of nitrogens with one attached hydrogen (secondary N) is 1. The lowest BCUT2D eigenvalue weighted by Crippen LogP contribution is -2.05. The van der Waals surface area contributed by atoms with E-state index in [1.807, 2.05) is 48.2 Å². The summed E-state index contributed by atoms with van der Waals surface area (Å²) >= 11 is 6.43. The van der Waals surface area contributed by atoms with Crippen LogP contribution in [0.1, 0.15) is 16.8 Å². The van der Waals surface area contributed by atoms with Crippen LogP contribution in [0.4, 0.5) is 5.82 Å². The number of imidazole rings is 1. The lowest BCUT2D eigenvalue weighted by atomic mass is 10.1. The number of fused-ring (bicyclic) bond motifs is 3. The monoisotopic (exact) mass is 402 g/mol. The maximum absolute atomic E-state index is 6.43. The van der Waals surface area contributed by atoms with E-state index >= 15 is 0 Å². The number of aryl methyl sites for hydroxylation is 1. The summed E-state index contributed by atoms with van der Waals surface area (Å²) in [5, 5.41) is 9.60. The van der Waals surface area contributed by atoms with Crippen LogP contribution >= 0.6 is 11.6 Å². The second kappa shape index (κ2) is 7.22. The fourth-order valence-corrected chi connectivity index (χ4v) is 3.62. The van der Waals surface area contributed by atoms with Gasteiger partial charge in [0, 0.05) is 30.9 Å². The normalized spacial score (nSPS) is 11.4. The van der Waals surface area contributed by atoms with Crippen molar-refractivity contribution >= 4 is 34.0 Å². The second-order valence-electron chi connectivity index (χ2n) is 7.02. The molecule has 0 unspecified atom stereocenters. The second-order valence-corrected chi connectivity index (χ2v) is 7.40. The van der Waals surface area contributed by atoms with Crippen LogP contribution in [0.5, 0.6) is 0 Å². The zero-order valence-electron chi connectivity index (χ0n) is 15.9. The Labute approximate surface area is 172 Å². The molecule has 6 nitrogen and oxygen atoms in total. The minimum Gasteiger partial charge on any atom is -0.365 e. The zero-order chi connectivity index (χ0) is 19.8. The molecule has 29 heavy (non-hydrogen) atoms. The Morgan fingerprint density at radius 2 is 1.83 bits per heavy atom. The summed E-state index contributed by atoms with van der Waals surface area (Å²) < 4.78 is 3.86. The first kappa shape index (κ1) is 17.7. The summed E-state index contributed by atoms with van der Waals surface area (Å²) in [6.45, 7) is 3.38. The van der Waals surface area contributed by atoms with Gasteiger partial charge in [0.25, 0.3) is 0 Å².